The largest absolute Gasteiger partial charge is 0.489 e. The van der Waals surface area contributed by atoms with Crippen LogP contribution in [-0.4, -0.2) is 17.3 Å². The van der Waals surface area contributed by atoms with Gasteiger partial charge in [0.1, 0.15) is 11.9 Å². The molecule has 0 amide bonds. The molecule has 0 fully saturated rings. The molecule has 2 atom stereocenters. The molecule has 0 aromatic heterocycles. The second-order valence-electron chi connectivity index (χ2n) is 5.04. The first-order chi connectivity index (χ1) is 8.31. The normalized spacial score (nSPS) is 27.2. The van der Waals surface area contributed by atoms with Crippen molar-refractivity contribution in [3.63, 3.8) is 0 Å². The summed E-state index contributed by atoms with van der Waals surface area (Å²) in [5, 5.41) is 9.61. The average molecular weight is 230 g/mol. The van der Waals surface area contributed by atoms with Crippen molar-refractivity contribution in [2.24, 2.45) is 0 Å². The molecule has 2 unspecified atom stereocenters. The molecule has 0 bridgehead atoms. The number of para-hydroxylation sites is 1. The molecule has 1 aromatic rings. The number of rotatable bonds is 2. The Morgan fingerprint density at radius 2 is 2.18 bits per heavy atom. The predicted octanol–water partition coefficient (Wildman–Crippen LogP) is 2.85. The third-order valence-corrected chi connectivity index (χ3v) is 3.63. The summed E-state index contributed by atoms with van der Waals surface area (Å²) in [6, 6.07) is 8.26. The van der Waals surface area contributed by atoms with Gasteiger partial charge in [-0.05, 0) is 30.9 Å². The Labute approximate surface area is 102 Å². The third-order valence-electron chi connectivity index (χ3n) is 3.63. The van der Waals surface area contributed by atoms with Gasteiger partial charge in [0.15, 0.2) is 0 Å². The van der Waals surface area contributed by atoms with E-state index in [-0.39, 0.29) is 12.2 Å². The number of fused-ring (bicyclic) bond motifs is 1. The van der Waals surface area contributed by atoms with Gasteiger partial charge >= 0.3 is 0 Å². The van der Waals surface area contributed by atoms with Crippen molar-refractivity contribution in [1.82, 2.24) is 0 Å². The van der Waals surface area contributed by atoms with Crippen molar-refractivity contribution in [2.75, 3.05) is 0 Å². The minimum absolute atomic E-state index is 0.234. The highest BCUT2D eigenvalue weighted by atomic mass is 16.5. The van der Waals surface area contributed by atoms with Gasteiger partial charge in [-0.2, -0.15) is 0 Å². The van der Waals surface area contributed by atoms with Crippen molar-refractivity contribution in [3.05, 3.63) is 41.5 Å². The summed E-state index contributed by atoms with van der Waals surface area (Å²) in [5.74, 6) is 1.04. The number of ether oxygens (including phenoxy) is 1. The number of aliphatic hydroxyl groups excluding tert-OH is 1. The number of aliphatic hydroxyl groups is 1. The Hall–Kier alpha value is -1.28. The Morgan fingerprint density at radius 1 is 1.29 bits per heavy atom. The molecule has 1 aliphatic heterocycles. The predicted molar refractivity (Wildman–Crippen MR) is 67.1 cm³/mol. The standard InChI is InChI=1S/C15H18O2/c16-13-6-3-4-11(8-13)9-14-10-12-5-1-2-7-15(12)17-14/h1-2,5,7-8,13-14,16H,3-4,6,9-10H2. The van der Waals surface area contributed by atoms with E-state index in [1.54, 1.807) is 0 Å². The van der Waals surface area contributed by atoms with Gasteiger partial charge in [-0.25, -0.2) is 0 Å². The van der Waals surface area contributed by atoms with E-state index in [0.717, 1.165) is 37.9 Å². The summed E-state index contributed by atoms with van der Waals surface area (Å²) in [7, 11) is 0. The van der Waals surface area contributed by atoms with Crippen LogP contribution in [0.5, 0.6) is 5.75 Å². The van der Waals surface area contributed by atoms with Gasteiger partial charge in [0, 0.05) is 12.8 Å². The quantitative estimate of drug-likeness (QED) is 0.792. The fraction of sp³-hybridized carbons (Fsp3) is 0.467. The van der Waals surface area contributed by atoms with Gasteiger partial charge in [-0.3, -0.25) is 0 Å². The second kappa shape index (κ2) is 4.53. The van der Waals surface area contributed by atoms with Crippen LogP contribution in [0.3, 0.4) is 0 Å². The van der Waals surface area contributed by atoms with E-state index < -0.39 is 0 Å². The summed E-state index contributed by atoms with van der Waals surface area (Å²) < 4.78 is 5.92. The van der Waals surface area contributed by atoms with Crippen LogP contribution in [0.1, 0.15) is 31.2 Å². The molecule has 90 valence electrons. The van der Waals surface area contributed by atoms with Crippen molar-refractivity contribution in [3.8, 4) is 5.75 Å². The SMILES string of the molecule is OC1C=C(CC2Cc3ccccc3O2)CCC1. The van der Waals surface area contributed by atoms with Crippen LogP contribution >= 0.6 is 0 Å². The maximum Gasteiger partial charge on any atom is 0.123 e. The van der Waals surface area contributed by atoms with Crippen molar-refractivity contribution >= 4 is 0 Å². The molecule has 1 N–H and O–H groups in total. The van der Waals surface area contributed by atoms with Gasteiger partial charge < -0.3 is 9.84 Å². The van der Waals surface area contributed by atoms with E-state index in [9.17, 15) is 5.11 Å². The van der Waals surface area contributed by atoms with Crippen LogP contribution in [0.25, 0.3) is 0 Å². The molecule has 0 saturated heterocycles. The monoisotopic (exact) mass is 230 g/mol. The highest BCUT2D eigenvalue weighted by Gasteiger charge is 2.24. The summed E-state index contributed by atoms with van der Waals surface area (Å²) in [6.07, 6.45) is 7.16. The van der Waals surface area contributed by atoms with Crippen LogP contribution in [0, 0.1) is 0 Å². The fourth-order valence-corrected chi connectivity index (χ4v) is 2.81. The molecular formula is C15H18O2. The van der Waals surface area contributed by atoms with Crippen LogP contribution in [0.15, 0.2) is 35.9 Å². The van der Waals surface area contributed by atoms with Crippen LogP contribution in [0.2, 0.25) is 0 Å². The molecule has 0 radical (unpaired) electrons. The van der Waals surface area contributed by atoms with E-state index in [1.807, 2.05) is 18.2 Å². The van der Waals surface area contributed by atoms with Gasteiger partial charge in [0.2, 0.25) is 0 Å². The molecule has 2 aliphatic rings. The van der Waals surface area contributed by atoms with E-state index in [0.29, 0.717) is 0 Å². The van der Waals surface area contributed by atoms with Crippen molar-refractivity contribution in [2.45, 2.75) is 44.3 Å². The van der Waals surface area contributed by atoms with E-state index in [1.165, 1.54) is 11.1 Å². The third kappa shape index (κ3) is 2.37. The molecule has 2 heteroatoms. The number of benzene rings is 1. The topological polar surface area (TPSA) is 29.5 Å². The summed E-state index contributed by atoms with van der Waals surface area (Å²) >= 11 is 0. The Bertz CT molecular complexity index is 411. The Morgan fingerprint density at radius 3 is 3.00 bits per heavy atom. The lowest BCUT2D eigenvalue weighted by molar-refractivity contribution is 0.195. The molecule has 1 aromatic carbocycles. The zero-order chi connectivity index (χ0) is 11.7. The minimum atomic E-state index is -0.234. The van der Waals surface area contributed by atoms with Gasteiger partial charge in [0.05, 0.1) is 6.10 Å². The molecule has 1 aliphatic carbocycles. The maximum atomic E-state index is 9.61. The molecule has 0 spiro atoms. The van der Waals surface area contributed by atoms with Crippen molar-refractivity contribution in [1.29, 1.82) is 0 Å². The zero-order valence-electron chi connectivity index (χ0n) is 9.93. The second-order valence-corrected chi connectivity index (χ2v) is 5.04. The van der Waals surface area contributed by atoms with Gasteiger partial charge in [0.25, 0.3) is 0 Å². The first kappa shape index (κ1) is 10.8. The Balaban J connectivity index is 1.66. The number of hydrogen-bond donors (Lipinski definition) is 1. The minimum Gasteiger partial charge on any atom is -0.489 e. The maximum absolute atomic E-state index is 9.61. The van der Waals surface area contributed by atoms with Crippen molar-refractivity contribution < 1.29 is 9.84 Å². The molecule has 0 saturated carbocycles. The fourth-order valence-electron chi connectivity index (χ4n) is 2.81. The number of hydrogen-bond acceptors (Lipinski definition) is 2. The summed E-state index contributed by atoms with van der Waals surface area (Å²) in [5.41, 5.74) is 2.68. The van der Waals surface area contributed by atoms with Crippen LogP contribution in [0.4, 0.5) is 0 Å². The van der Waals surface area contributed by atoms with Gasteiger partial charge in [-0.1, -0.05) is 29.8 Å². The smallest absolute Gasteiger partial charge is 0.123 e. The van der Waals surface area contributed by atoms with E-state index >= 15 is 0 Å². The highest BCUT2D eigenvalue weighted by molar-refractivity contribution is 5.37. The summed E-state index contributed by atoms with van der Waals surface area (Å²) in [6.45, 7) is 0. The highest BCUT2D eigenvalue weighted by Crippen LogP contribution is 2.32. The molecule has 1 heterocycles. The lowest BCUT2D eigenvalue weighted by atomic mass is 9.92. The molecule has 2 nitrogen and oxygen atoms in total. The molecule has 17 heavy (non-hydrogen) atoms. The lowest BCUT2D eigenvalue weighted by Gasteiger charge is -2.19. The Kier molecular flexibility index (Phi) is 2.89. The zero-order valence-corrected chi connectivity index (χ0v) is 9.93. The molecule has 3 rings (SSSR count). The van der Waals surface area contributed by atoms with E-state index in [4.69, 9.17) is 4.74 Å². The first-order valence-corrected chi connectivity index (χ1v) is 6.43. The lowest BCUT2D eigenvalue weighted by Crippen LogP contribution is -2.17. The van der Waals surface area contributed by atoms with Gasteiger partial charge in [-0.15, -0.1) is 0 Å². The molecular weight excluding hydrogens is 212 g/mol. The first-order valence-electron chi connectivity index (χ1n) is 6.43. The summed E-state index contributed by atoms with van der Waals surface area (Å²) in [4.78, 5) is 0. The van der Waals surface area contributed by atoms with E-state index in [2.05, 4.69) is 12.1 Å². The van der Waals surface area contributed by atoms with Crippen LogP contribution in [-0.2, 0) is 6.42 Å². The van der Waals surface area contributed by atoms with Crippen LogP contribution < -0.4 is 4.74 Å². The average Bonchev–Trinajstić information content (AvgIpc) is 2.71.